The van der Waals surface area contributed by atoms with Gasteiger partial charge in [0.2, 0.25) is 0 Å². The van der Waals surface area contributed by atoms with Gasteiger partial charge in [-0.25, -0.2) is 0 Å². The van der Waals surface area contributed by atoms with E-state index in [0.717, 1.165) is 29.8 Å². The number of rotatable bonds is 13. The molecule has 0 amide bonds. The summed E-state index contributed by atoms with van der Waals surface area (Å²) in [5.41, 5.74) is 4.47. The molecule has 1 unspecified atom stereocenters. The van der Waals surface area contributed by atoms with E-state index in [4.69, 9.17) is 21.1 Å². The number of nitrogens with one attached hydrogen (secondary N) is 1. The molecule has 0 saturated heterocycles. The standard InChI is InChI=1S/C32H32ClNO4/c1-37-29-14-8-23(9-15-29)16-18-34-31(17-19-35)26-5-2-4-24(20-26)22-38-30-7-3-6-27(21-30)32(36)25-10-12-28(33)13-11-25/h2-15,20-21,31,34-35H,16-19,22H2,1H3. The number of aliphatic hydroxyl groups is 1. The molecular formula is C32H32ClNO4. The molecular weight excluding hydrogens is 498 g/mol. The molecule has 0 spiro atoms. The number of ketones is 1. The average Bonchev–Trinajstić information content (AvgIpc) is 2.96. The van der Waals surface area contributed by atoms with E-state index in [1.165, 1.54) is 5.56 Å². The zero-order chi connectivity index (χ0) is 26.7. The van der Waals surface area contributed by atoms with Crippen molar-refractivity contribution < 1.29 is 19.4 Å². The van der Waals surface area contributed by atoms with Crippen LogP contribution in [-0.4, -0.2) is 31.2 Å². The van der Waals surface area contributed by atoms with E-state index in [0.29, 0.717) is 34.9 Å². The predicted octanol–water partition coefficient (Wildman–Crippen LogP) is 6.41. The number of hydrogen-bond acceptors (Lipinski definition) is 5. The number of carbonyl (C=O) groups excluding carboxylic acids is 1. The van der Waals surface area contributed by atoms with Gasteiger partial charge in [-0.1, -0.05) is 60.1 Å². The molecule has 196 valence electrons. The summed E-state index contributed by atoms with van der Waals surface area (Å²) in [5.74, 6) is 1.39. The van der Waals surface area contributed by atoms with Crippen LogP contribution < -0.4 is 14.8 Å². The second kappa shape index (κ2) is 13.8. The highest BCUT2D eigenvalue weighted by Crippen LogP contribution is 2.22. The molecule has 2 N–H and O–H groups in total. The normalized spacial score (nSPS) is 11.7. The lowest BCUT2D eigenvalue weighted by Gasteiger charge is -2.19. The summed E-state index contributed by atoms with van der Waals surface area (Å²) in [5, 5.41) is 13.8. The Balaban J connectivity index is 1.36. The van der Waals surface area contributed by atoms with Crippen LogP contribution in [0.3, 0.4) is 0 Å². The third-order valence-corrected chi connectivity index (χ3v) is 6.59. The first-order valence-corrected chi connectivity index (χ1v) is 13.0. The average molecular weight is 530 g/mol. The lowest BCUT2D eigenvalue weighted by atomic mass is 10.0. The van der Waals surface area contributed by atoms with Gasteiger partial charge in [-0.15, -0.1) is 0 Å². The third kappa shape index (κ3) is 7.68. The largest absolute Gasteiger partial charge is 0.497 e. The molecule has 0 saturated carbocycles. The van der Waals surface area contributed by atoms with Gasteiger partial charge in [0.1, 0.15) is 18.1 Å². The number of ether oxygens (including phenoxy) is 2. The number of hydrogen-bond donors (Lipinski definition) is 2. The summed E-state index contributed by atoms with van der Waals surface area (Å²) in [7, 11) is 1.66. The van der Waals surface area contributed by atoms with E-state index in [9.17, 15) is 9.90 Å². The molecule has 4 aromatic rings. The Morgan fingerprint density at radius 2 is 1.63 bits per heavy atom. The van der Waals surface area contributed by atoms with Gasteiger partial charge in [0, 0.05) is 28.8 Å². The van der Waals surface area contributed by atoms with Crippen LogP contribution >= 0.6 is 11.6 Å². The van der Waals surface area contributed by atoms with Gasteiger partial charge in [-0.2, -0.15) is 0 Å². The summed E-state index contributed by atoms with van der Waals surface area (Å²) in [6.07, 6.45) is 1.49. The van der Waals surface area contributed by atoms with Crippen LogP contribution in [-0.2, 0) is 13.0 Å². The Labute approximate surface area is 229 Å². The minimum absolute atomic E-state index is 0.0264. The maximum Gasteiger partial charge on any atom is 0.193 e. The number of benzene rings is 4. The van der Waals surface area contributed by atoms with Gasteiger partial charge in [-0.05, 0) is 84.6 Å². The van der Waals surface area contributed by atoms with Gasteiger partial charge in [0.05, 0.1) is 7.11 Å². The van der Waals surface area contributed by atoms with E-state index in [1.54, 1.807) is 43.5 Å². The molecule has 0 aromatic heterocycles. The highest BCUT2D eigenvalue weighted by molar-refractivity contribution is 6.30. The molecule has 38 heavy (non-hydrogen) atoms. The van der Waals surface area contributed by atoms with Crippen molar-refractivity contribution >= 4 is 17.4 Å². The fourth-order valence-electron chi connectivity index (χ4n) is 4.26. The number of carbonyl (C=O) groups is 1. The van der Waals surface area contributed by atoms with Gasteiger partial charge in [0.25, 0.3) is 0 Å². The Morgan fingerprint density at radius 3 is 2.37 bits per heavy atom. The summed E-state index contributed by atoms with van der Waals surface area (Å²) >= 11 is 5.94. The molecule has 0 aliphatic carbocycles. The fraction of sp³-hybridized carbons (Fsp3) is 0.219. The van der Waals surface area contributed by atoms with E-state index in [-0.39, 0.29) is 18.4 Å². The minimum Gasteiger partial charge on any atom is -0.497 e. The topological polar surface area (TPSA) is 67.8 Å². The van der Waals surface area contributed by atoms with Crippen molar-refractivity contribution in [3.8, 4) is 11.5 Å². The van der Waals surface area contributed by atoms with Crippen LogP contribution in [0.25, 0.3) is 0 Å². The van der Waals surface area contributed by atoms with E-state index in [2.05, 4.69) is 29.6 Å². The molecule has 5 nitrogen and oxygen atoms in total. The summed E-state index contributed by atoms with van der Waals surface area (Å²) in [6.45, 7) is 1.24. The number of halogens is 1. The van der Waals surface area contributed by atoms with Crippen molar-refractivity contribution in [3.05, 3.63) is 130 Å². The van der Waals surface area contributed by atoms with Gasteiger partial charge in [-0.3, -0.25) is 4.79 Å². The van der Waals surface area contributed by atoms with Gasteiger partial charge >= 0.3 is 0 Å². The summed E-state index contributed by atoms with van der Waals surface area (Å²) in [6, 6.07) is 30.3. The van der Waals surface area contributed by atoms with Crippen molar-refractivity contribution in [2.24, 2.45) is 0 Å². The first-order valence-electron chi connectivity index (χ1n) is 12.6. The van der Waals surface area contributed by atoms with E-state index < -0.39 is 0 Å². The van der Waals surface area contributed by atoms with Crippen molar-refractivity contribution in [1.29, 1.82) is 0 Å². The smallest absolute Gasteiger partial charge is 0.193 e. The van der Waals surface area contributed by atoms with Crippen molar-refractivity contribution in [1.82, 2.24) is 5.32 Å². The van der Waals surface area contributed by atoms with Crippen LogP contribution in [0.5, 0.6) is 11.5 Å². The zero-order valence-electron chi connectivity index (χ0n) is 21.4. The molecule has 0 fully saturated rings. The number of methoxy groups -OCH3 is 1. The first-order chi connectivity index (χ1) is 18.6. The lowest BCUT2D eigenvalue weighted by molar-refractivity contribution is 0.103. The Morgan fingerprint density at radius 1 is 0.868 bits per heavy atom. The molecule has 0 radical (unpaired) electrons. The Bertz CT molecular complexity index is 1320. The zero-order valence-corrected chi connectivity index (χ0v) is 22.2. The fourth-order valence-corrected chi connectivity index (χ4v) is 4.39. The van der Waals surface area contributed by atoms with Crippen LogP contribution in [0.2, 0.25) is 5.02 Å². The second-order valence-corrected chi connectivity index (χ2v) is 9.45. The van der Waals surface area contributed by atoms with Gasteiger partial charge in [0.15, 0.2) is 5.78 Å². The third-order valence-electron chi connectivity index (χ3n) is 6.34. The van der Waals surface area contributed by atoms with Crippen molar-refractivity contribution in [2.75, 3.05) is 20.3 Å². The predicted molar refractivity (Wildman–Crippen MR) is 151 cm³/mol. The van der Waals surface area contributed by atoms with Crippen LogP contribution in [0, 0.1) is 0 Å². The van der Waals surface area contributed by atoms with E-state index in [1.807, 2.05) is 36.4 Å². The SMILES string of the molecule is COc1ccc(CCNC(CCO)c2cccc(COc3cccc(C(=O)c4ccc(Cl)cc4)c3)c2)cc1. The molecule has 0 bridgehead atoms. The highest BCUT2D eigenvalue weighted by atomic mass is 35.5. The van der Waals surface area contributed by atoms with Crippen LogP contribution in [0.1, 0.15) is 45.1 Å². The molecule has 1 atom stereocenters. The van der Waals surface area contributed by atoms with Gasteiger partial charge < -0.3 is 19.9 Å². The van der Waals surface area contributed by atoms with Crippen molar-refractivity contribution in [2.45, 2.75) is 25.5 Å². The molecule has 0 aliphatic rings. The Hall–Kier alpha value is -3.64. The van der Waals surface area contributed by atoms with Crippen LogP contribution in [0.4, 0.5) is 0 Å². The molecule has 4 rings (SSSR count). The molecule has 0 heterocycles. The van der Waals surface area contributed by atoms with E-state index >= 15 is 0 Å². The maximum atomic E-state index is 12.8. The second-order valence-electron chi connectivity index (χ2n) is 9.01. The number of aliphatic hydroxyl groups excluding tert-OH is 1. The van der Waals surface area contributed by atoms with Crippen molar-refractivity contribution in [3.63, 3.8) is 0 Å². The Kier molecular flexibility index (Phi) is 9.93. The minimum atomic E-state index is -0.0818. The molecule has 0 aliphatic heterocycles. The highest BCUT2D eigenvalue weighted by Gasteiger charge is 2.13. The monoisotopic (exact) mass is 529 g/mol. The van der Waals surface area contributed by atoms with Crippen LogP contribution in [0.15, 0.2) is 97.1 Å². The molecule has 6 heteroatoms. The maximum absolute atomic E-state index is 12.8. The summed E-state index contributed by atoms with van der Waals surface area (Å²) < 4.78 is 11.3. The lowest BCUT2D eigenvalue weighted by Crippen LogP contribution is -2.25. The first kappa shape index (κ1) is 27.4. The molecule has 4 aromatic carbocycles. The summed E-state index contributed by atoms with van der Waals surface area (Å²) in [4.78, 5) is 12.8. The quantitative estimate of drug-likeness (QED) is 0.196.